The van der Waals surface area contributed by atoms with Gasteiger partial charge in [-0.05, 0) is 24.6 Å². The Morgan fingerprint density at radius 3 is 2.83 bits per heavy atom. The van der Waals surface area contributed by atoms with E-state index in [0.29, 0.717) is 5.92 Å². The molecule has 0 bridgehead atoms. The maximum atomic E-state index is 12.9. The van der Waals surface area contributed by atoms with Gasteiger partial charge in [-0.3, -0.25) is 5.43 Å². The van der Waals surface area contributed by atoms with E-state index in [1.165, 1.54) is 12.1 Å². The summed E-state index contributed by atoms with van der Waals surface area (Å²) >= 11 is 0. The lowest BCUT2D eigenvalue weighted by Gasteiger charge is -2.19. The number of nitrogens with one attached hydrogen (secondary N) is 3. The summed E-state index contributed by atoms with van der Waals surface area (Å²) in [6, 6.07) is 6.92. The fourth-order valence-corrected chi connectivity index (χ4v) is 2.22. The molecule has 4 heteroatoms. The summed E-state index contributed by atoms with van der Waals surface area (Å²) in [5.41, 5.74) is 8.66. The van der Waals surface area contributed by atoms with Crippen LogP contribution in [0.4, 0.5) is 4.39 Å². The third kappa shape index (κ3) is 3.38. The van der Waals surface area contributed by atoms with Crippen LogP contribution in [0, 0.1) is 11.7 Å². The predicted octanol–water partition coefficient (Wildman–Crippen LogP) is 1.76. The highest BCUT2D eigenvalue weighted by atomic mass is 19.1. The first-order valence-corrected chi connectivity index (χ1v) is 6.26. The van der Waals surface area contributed by atoms with Crippen LogP contribution in [0.5, 0.6) is 0 Å². The van der Waals surface area contributed by atoms with Crippen molar-refractivity contribution >= 4 is 0 Å². The van der Waals surface area contributed by atoms with E-state index in [-0.39, 0.29) is 11.9 Å². The monoisotopic (exact) mass is 249 g/mol. The van der Waals surface area contributed by atoms with Gasteiger partial charge in [-0.15, -0.1) is 0 Å². The molecule has 3 nitrogen and oxygen atoms in total. The number of rotatable bonds is 5. The molecule has 0 aliphatic carbocycles. The molecule has 1 aliphatic rings. The topological polar surface area (TPSA) is 36.1 Å². The first-order chi connectivity index (χ1) is 8.66. The van der Waals surface area contributed by atoms with Crippen LogP contribution in [0.3, 0.4) is 0 Å². The minimum Gasteiger partial charge on any atom is -0.313 e. The van der Waals surface area contributed by atoms with E-state index in [1.807, 2.05) is 19.1 Å². The van der Waals surface area contributed by atoms with Crippen molar-refractivity contribution in [2.45, 2.75) is 13.0 Å². The van der Waals surface area contributed by atoms with E-state index in [0.717, 1.165) is 30.8 Å². The van der Waals surface area contributed by atoms with Gasteiger partial charge in [0.1, 0.15) is 5.82 Å². The standard InChI is InChI=1S/C14H20FN3/c1-10(2)7-16-8-12-9-17-18-14(12)11-3-5-13(15)6-4-11/h3-6,12,14,16-18H,1,7-9H2,2H3. The molecule has 0 saturated carbocycles. The fraction of sp³-hybridized carbons (Fsp3) is 0.429. The largest absolute Gasteiger partial charge is 0.313 e. The molecule has 2 atom stereocenters. The Kier molecular flexibility index (Phi) is 4.47. The summed E-state index contributed by atoms with van der Waals surface area (Å²) in [5.74, 6) is 0.261. The van der Waals surface area contributed by atoms with Crippen molar-refractivity contribution in [2.75, 3.05) is 19.6 Å². The van der Waals surface area contributed by atoms with Crippen molar-refractivity contribution < 1.29 is 4.39 Å². The SMILES string of the molecule is C=C(C)CNCC1CNNC1c1ccc(F)cc1. The van der Waals surface area contributed by atoms with E-state index in [2.05, 4.69) is 22.7 Å². The maximum absolute atomic E-state index is 12.9. The van der Waals surface area contributed by atoms with Crippen LogP contribution >= 0.6 is 0 Å². The third-order valence-corrected chi connectivity index (χ3v) is 3.16. The molecule has 0 radical (unpaired) electrons. The second kappa shape index (κ2) is 6.09. The maximum Gasteiger partial charge on any atom is 0.123 e. The molecule has 1 heterocycles. The number of halogens is 1. The van der Waals surface area contributed by atoms with Gasteiger partial charge in [0, 0.05) is 25.6 Å². The highest BCUT2D eigenvalue weighted by Crippen LogP contribution is 2.24. The minimum atomic E-state index is -0.193. The Morgan fingerprint density at radius 1 is 1.44 bits per heavy atom. The Hall–Kier alpha value is -1.23. The summed E-state index contributed by atoms with van der Waals surface area (Å²) in [6.45, 7) is 8.54. The average Bonchev–Trinajstić information content (AvgIpc) is 2.78. The van der Waals surface area contributed by atoms with E-state index in [4.69, 9.17) is 0 Å². The van der Waals surface area contributed by atoms with Crippen LogP contribution in [0.15, 0.2) is 36.4 Å². The molecule has 1 saturated heterocycles. The van der Waals surface area contributed by atoms with E-state index >= 15 is 0 Å². The van der Waals surface area contributed by atoms with Gasteiger partial charge in [0.15, 0.2) is 0 Å². The molecule has 2 rings (SSSR count). The van der Waals surface area contributed by atoms with Crippen molar-refractivity contribution in [3.05, 3.63) is 47.8 Å². The summed E-state index contributed by atoms with van der Waals surface area (Å²) in [7, 11) is 0. The van der Waals surface area contributed by atoms with Crippen LogP contribution in [0.1, 0.15) is 18.5 Å². The molecule has 1 aromatic carbocycles. The van der Waals surface area contributed by atoms with Gasteiger partial charge in [0.05, 0.1) is 6.04 Å². The number of benzene rings is 1. The summed E-state index contributed by atoms with van der Waals surface area (Å²) in [6.07, 6.45) is 0. The van der Waals surface area contributed by atoms with E-state index in [1.54, 1.807) is 0 Å². The molecule has 98 valence electrons. The van der Waals surface area contributed by atoms with Crippen LogP contribution in [-0.2, 0) is 0 Å². The first-order valence-electron chi connectivity index (χ1n) is 6.26. The molecule has 1 aromatic rings. The number of hydrazine groups is 1. The molecule has 2 unspecified atom stereocenters. The molecule has 0 spiro atoms. The van der Waals surface area contributed by atoms with Crippen molar-refractivity contribution in [3.8, 4) is 0 Å². The molecule has 0 amide bonds. The fourth-order valence-electron chi connectivity index (χ4n) is 2.22. The molecule has 1 fully saturated rings. The number of hydrogen-bond acceptors (Lipinski definition) is 3. The van der Waals surface area contributed by atoms with Gasteiger partial charge in [-0.1, -0.05) is 24.3 Å². The molecule has 18 heavy (non-hydrogen) atoms. The lowest BCUT2D eigenvalue weighted by molar-refractivity contribution is 0.449. The summed E-state index contributed by atoms with van der Waals surface area (Å²) in [5, 5.41) is 3.38. The normalized spacial score (nSPS) is 23.2. The van der Waals surface area contributed by atoms with Gasteiger partial charge in [0.25, 0.3) is 0 Å². The zero-order valence-corrected chi connectivity index (χ0v) is 10.7. The second-order valence-corrected chi connectivity index (χ2v) is 4.90. The third-order valence-electron chi connectivity index (χ3n) is 3.16. The van der Waals surface area contributed by atoms with Gasteiger partial charge < -0.3 is 5.32 Å². The van der Waals surface area contributed by atoms with Gasteiger partial charge in [0.2, 0.25) is 0 Å². The summed E-state index contributed by atoms with van der Waals surface area (Å²) < 4.78 is 12.9. The van der Waals surface area contributed by atoms with Crippen LogP contribution in [0.2, 0.25) is 0 Å². The Balaban J connectivity index is 1.94. The Labute approximate surface area is 107 Å². The lowest BCUT2D eigenvalue weighted by Crippen LogP contribution is -2.29. The lowest BCUT2D eigenvalue weighted by atomic mass is 9.95. The number of hydrogen-bond donors (Lipinski definition) is 3. The van der Waals surface area contributed by atoms with Crippen LogP contribution in [0.25, 0.3) is 0 Å². The second-order valence-electron chi connectivity index (χ2n) is 4.90. The minimum absolute atomic E-state index is 0.193. The smallest absolute Gasteiger partial charge is 0.123 e. The molecular weight excluding hydrogens is 229 g/mol. The van der Waals surface area contributed by atoms with E-state index in [9.17, 15) is 4.39 Å². The molecule has 0 aromatic heterocycles. The predicted molar refractivity (Wildman–Crippen MR) is 71.5 cm³/mol. The van der Waals surface area contributed by atoms with Crippen molar-refractivity contribution in [2.24, 2.45) is 5.92 Å². The Bertz CT molecular complexity index is 402. The quantitative estimate of drug-likeness (QED) is 0.696. The van der Waals surface area contributed by atoms with Crippen molar-refractivity contribution in [3.63, 3.8) is 0 Å². The Morgan fingerprint density at radius 2 is 2.17 bits per heavy atom. The first kappa shape index (κ1) is 13.2. The van der Waals surface area contributed by atoms with Gasteiger partial charge in [-0.25, -0.2) is 9.82 Å². The average molecular weight is 249 g/mol. The molecular formula is C14H20FN3. The molecule has 1 aliphatic heterocycles. The highest BCUT2D eigenvalue weighted by Gasteiger charge is 2.27. The van der Waals surface area contributed by atoms with E-state index < -0.39 is 0 Å². The van der Waals surface area contributed by atoms with Crippen molar-refractivity contribution in [1.29, 1.82) is 0 Å². The zero-order valence-electron chi connectivity index (χ0n) is 10.7. The van der Waals surface area contributed by atoms with Gasteiger partial charge in [-0.2, -0.15) is 0 Å². The molecule has 3 N–H and O–H groups in total. The van der Waals surface area contributed by atoms with Crippen LogP contribution in [-0.4, -0.2) is 19.6 Å². The highest BCUT2D eigenvalue weighted by molar-refractivity contribution is 5.21. The zero-order chi connectivity index (χ0) is 13.0. The van der Waals surface area contributed by atoms with Gasteiger partial charge >= 0.3 is 0 Å². The van der Waals surface area contributed by atoms with Crippen molar-refractivity contribution in [1.82, 2.24) is 16.2 Å². The van der Waals surface area contributed by atoms with Crippen LogP contribution < -0.4 is 16.2 Å². The summed E-state index contributed by atoms with van der Waals surface area (Å²) in [4.78, 5) is 0.